The van der Waals surface area contributed by atoms with Crippen molar-refractivity contribution in [2.75, 3.05) is 4.90 Å². The molecule has 67 heavy (non-hydrogen) atoms. The lowest BCUT2D eigenvalue weighted by Crippen LogP contribution is -2.09. The summed E-state index contributed by atoms with van der Waals surface area (Å²) in [7, 11) is 0. The SMILES string of the molecule is c1ccc(-c2cc(-c3ccc(N(c4ccc(-c5ccc6c(c5)oc5ccccc56)cc4)c4ccc(-c5ccc6c7cccc8c9ccccc9n(c6c5)c87)cc4)cc3)nc3cccnc23)cc1. The zero-order valence-corrected chi connectivity index (χ0v) is 36.1. The van der Waals surface area contributed by atoms with E-state index in [2.05, 4.69) is 203 Å². The quantitative estimate of drug-likeness (QED) is 0.160. The third kappa shape index (κ3) is 5.95. The summed E-state index contributed by atoms with van der Waals surface area (Å²) in [4.78, 5) is 12.2. The Labute approximate surface area is 385 Å². The molecule has 0 amide bonds. The molecule has 0 saturated carbocycles. The summed E-state index contributed by atoms with van der Waals surface area (Å²) in [6.45, 7) is 0. The largest absolute Gasteiger partial charge is 0.456 e. The standard InChI is InChI=1S/C62H38N4O/c1-2-10-41(11-3-1)54-38-56(64-55-16-9-35-63-61(54)55)42-23-31-47(32-24-42)65(46-29-21-40(22-30-46)44-26-34-51-50-13-5-7-18-59(50)67-60(51)37-44)45-27-19-39(20-28-45)43-25-33-49-53-15-8-14-52-48-12-4-6-17-57(48)66(62(52)53)58(49)36-43/h1-38H. The highest BCUT2D eigenvalue weighted by Gasteiger charge is 2.19. The van der Waals surface area contributed by atoms with Crippen LogP contribution in [0.15, 0.2) is 235 Å². The molecule has 0 bridgehead atoms. The molecule has 5 aromatic heterocycles. The van der Waals surface area contributed by atoms with E-state index in [9.17, 15) is 0 Å². The van der Waals surface area contributed by atoms with Gasteiger partial charge in [-0.25, -0.2) is 4.98 Å². The summed E-state index contributed by atoms with van der Waals surface area (Å²) >= 11 is 0. The van der Waals surface area contributed by atoms with Crippen LogP contribution in [0.25, 0.3) is 116 Å². The lowest BCUT2D eigenvalue weighted by atomic mass is 10.0. The van der Waals surface area contributed by atoms with Crippen LogP contribution in [-0.4, -0.2) is 14.4 Å². The Morgan fingerprint density at radius 1 is 0.373 bits per heavy atom. The van der Waals surface area contributed by atoms with E-state index in [4.69, 9.17) is 14.4 Å². The molecule has 0 N–H and O–H groups in total. The molecule has 312 valence electrons. The fourth-order valence-electron chi connectivity index (χ4n) is 10.4. The van der Waals surface area contributed by atoms with Gasteiger partial charge in [-0.3, -0.25) is 4.98 Å². The van der Waals surface area contributed by atoms with E-state index < -0.39 is 0 Å². The van der Waals surface area contributed by atoms with Gasteiger partial charge in [0.25, 0.3) is 0 Å². The molecule has 0 saturated heterocycles. The van der Waals surface area contributed by atoms with Crippen molar-refractivity contribution in [2.45, 2.75) is 0 Å². The Kier molecular flexibility index (Phi) is 8.21. The number of benzene rings is 9. The summed E-state index contributed by atoms with van der Waals surface area (Å²) < 4.78 is 8.72. The second-order valence-corrected chi connectivity index (χ2v) is 17.4. The van der Waals surface area contributed by atoms with E-state index in [0.29, 0.717) is 0 Å². The Bertz CT molecular complexity index is 4190. The lowest BCUT2D eigenvalue weighted by Gasteiger charge is -2.26. The maximum absolute atomic E-state index is 6.27. The van der Waals surface area contributed by atoms with Crippen molar-refractivity contribution in [3.63, 3.8) is 0 Å². The number of pyridine rings is 2. The van der Waals surface area contributed by atoms with Crippen LogP contribution < -0.4 is 4.90 Å². The van der Waals surface area contributed by atoms with Gasteiger partial charge in [0, 0.05) is 66.7 Å². The molecule has 5 heteroatoms. The number of fused-ring (bicyclic) bond motifs is 10. The maximum atomic E-state index is 6.27. The molecule has 5 heterocycles. The molecule has 0 aliphatic heterocycles. The second kappa shape index (κ2) is 14.7. The number of nitrogens with zero attached hydrogens (tertiary/aromatic N) is 4. The monoisotopic (exact) mass is 854 g/mol. The first kappa shape index (κ1) is 37.3. The van der Waals surface area contributed by atoms with E-state index in [-0.39, 0.29) is 0 Å². The highest BCUT2D eigenvalue weighted by Crippen LogP contribution is 2.42. The maximum Gasteiger partial charge on any atom is 0.136 e. The van der Waals surface area contributed by atoms with Gasteiger partial charge in [-0.2, -0.15) is 0 Å². The lowest BCUT2D eigenvalue weighted by molar-refractivity contribution is 0.669. The summed E-state index contributed by atoms with van der Waals surface area (Å²) in [5.74, 6) is 0. The molecule has 0 unspecified atom stereocenters. The molecular weight excluding hydrogens is 817 g/mol. The van der Waals surface area contributed by atoms with Crippen LogP contribution in [0, 0.1) is 0 Å². The normalized spacial score (nSPS) is 11.9. The zero-order valence-electron chi connectivity index (χ0n) is 36.1. The third-order valence-electron chi connectivity index (χ3n) is 13.6. The smallest absolute Gasteiger partial charge is 0.136 e. The predicted octanol–water partition coefficient (Wildman–Crippen LogP) is 16.8. The van der Waals surface area contributed by atoms with E-state index in [1.807, 2.05) is 36.5 Å². The Morgan fingerprint density at radius 3 is 1.67 bits per heavy atom. The molecule has 0 aliphatic carbocycles. The molecule has 14 rings (SSSR count). The first-order chi connectivity index (χ1) is 33.2. The van der Waals surface area contributed by atoms with Gasteiger partial charge in [-0.05, 0) is 113 Å². The number of anilines is 3. The fourth-order valence-corrected chi connectivity index (χ4v) is 10.4. The molecule has 9 aromatic carbocycles. The number of furan rings is 1. The molecular formula is C62H38N4O. The van der Waals surface area contributed by atoms with E-state index in [1.165, 1.54) is 43.7 Å². The first-order valence-electron chi connectivity index (χ1n) is 22.7. The molecule has 0 atom stereocenters. The summed E-state index contributed by atoms with van der Waals surface area (Å²) in [5.41, 5.74) is 19.1. The second-order valence-electron chi connectivity index (χ2n) is 17.4. The molecule has 0 spiro atoms. The molecule has 0 aliphatic rings. The average molecular weight is 855 g/mol. The van der Waals surface area contributed by atoms with Crippen molar-refractivity contribution in [3.8, 4) is 44.6 Å². The highest BCUT2D eigenvalue weighted by molar-refractivity contribution is 6.23. The Balaban J connectivity index is 0.858. The summed E-state index contributed by atoms with van der Waals surface area (Å²) in [6.07, 6.45) is 1.84. The molecule has 0 radical (unpaired) electrons. The van der Waals surface area contributed by atoms with E-state index >= 15 is 0 Å². The minimum absolute atomic E-state index is 0.868. The van der Waals surface area contributed by atoms with Crippen LogP contribution >= 0.6 is 0 Å². The average Bonchev–Trinajstić information content (AvgIpc) is 4.06. The van der Waals surface area contributed by atoms with Gasteiger partial charge in [0.05, 0.1) is 33.3 Å². The summed E-state index contributed by atoms with van der Waals surface area (Å²) in [6, 6.07) is 80.2. The molecule has 5 nitrogen and oxygen atoms in total. The van der Waals surface area contributed by atoms with Crippen molar-refractivity contribution in [1.82, 2.24) is 14.4 Å². The number of aromatic nitrogens is 3. The van der Waals surface area contributed by atoms with Crippen LogP contribution in [0.4, 0.5) is 17.1 Å². The van der Waals surface area contributed by atoms with Crippen LogP contribution in [0.1, 0.15) is 0 Å². The van der Waals surface area contributed by atoms with Gasteiger partial charge >= 0.3 is 0 Å². The number of hydrogen-bond acceptors (Lipinski definition) is 4. The van der Waals surface area contributed by atoms with Crippen LogP contribution in [0.5, 0.6) is 0 Å². The zero-order chi connectivity index (χ0) is 44.0. The third-order valence-corrected chi connectivity index (χ3v) is 13.6. The van der Waals surface area contributed by atoms with E-state index in [0.717, 1.165) is 89.1 Å². The van der Waals surface area contributed by atoms with E-state index in [1.54, 1.807) is 0 Å². The van der Waals surface area contributed by atoms with Gasteiger partial charge in [0.1, 0.15) is 11.2 Å². The van der Waals surface area contributed by atoms with Crippen molar-refractivity contribution < 1.29 is 4.42 Å². The number of para-hydroxylation sites is 3. The van der Waals surface area contributed by atoms with Crippen molar-refractivity contribution >= 4 is 88.1 Å². The highest BCUT2D eigenvalue weighted by atomic mass is 16.3. The number of hydrogen-bond donors (Lipinski definition) is 0. The fraction of sp³-hybridized carbons (Fsp3) is 0. The van der Waals surface area contributed by atoms with Gasteiger partial charge in [-0.1, -0.05) is 140 Å². The van der Waals surface area contributed by atoms with Crippen molar-refractivity contribution in [1.29, 1.82) is 0 Å². The minimum Gasteiger partial charge on any atom is -0.456 e. The topological polar surface area (TPSA) is 46.6 Å². The van der Waals surface area contributed by atoms with Crippen LogP contribution in [0.2, 0.25) is 0 Å². The first-order valence-corrected chi connectivity index (χ1v) is 22.7. The van der Waals surface area contributed by atoms with Crippen molar-refractivity contribution in [3.05, 3.63) is 231 Å². The Hall–Kier alpha value is -9.06. The summed E-state index contributed by atoms with van der Waals surface area (Å²) in [5, 5.41) is 7.41. The molecule has 14 aromatic rings. The van der Waals surface area contributed by atoms with Crippen molar-refractivity contribution in [2.24, 2.45) is 0 Å². The molecule has 0 fully saturated rings. The van der Waals surface area contributed by atoms with Crippen LogP contribution in [0.3, 0.4) is 0 Å². The Morgan fingerprint density at radius 2 is 0.940 bits per heavy atom. The van der Waals surface area contributed by atoms with Gasteiger partial charge in [0.2, 0.25) is 0 Å². The predicted molar refractivity (Wildman–Crippen MR) is 278 cm³/mol. The van der Waals surface area contributed by atoms with Gasteiger partial charge < -0.3 is 13.7 Å². The minimum atomic E-state index is 0.868. The van der Waals surface area contributed by atoms with Gasteiger partial charge in [-0.15, -0.1) is 0 Å². The van der Waals surface area contributed by atoms with Crippen LogP contribution in [-0.2, 0) is 0 Å². The number of rotatable bonds is 7. The van der Waals surface area contributed by atoms with Gasteiger partial charge in [0.15, 0.2) is 0 Å².